The van der Waals surface area contributed by atoms with E-state index in [0.29, 0.717) is 12.1 Å². The first-order valence-corrected chi connectivity index (χ1v) is 7.65. The third kappa shape index (κ3) is 3.50. The highest BCUT2D eigenvalue weighted by molar-refractivity contribution is 5.35. The van der Waals surface area contributed by atoms with Gasteiger partial charge in [-0.05, 0) is 31.2 Å². The van der Waals surface area contributed by atoms with E-state index in [0.717, 1.165) is 18.1 Å². The molecule has 0 amide bonds. The first-order chi connectivity index (χ1) is 9.26. The van der Waals surface area contributed by atoms with Crippen molar-refractivity contribution in [2.75, 3.05) is 7.11 Å². The maximum Gasteiger partial charge on any atom is 0.123 e. The lowest BCUT2D eigenvalue weighted by Crippen LogP contribution is -2.39. The van der Waals surface area contributed by atoms with Crippen LogP contribution in [0.2, 0.25) is 0 Å². The summed E-state index contributed by atoms with van der Waals surface area (Å²) in [7, 11) is 1.76. The van der Waals surface area contributed by atoms with E-state index in [1.807, 2.05) is 6.07 Å². The molecule has 1 N–H and O–H groups in total. The van der Waals surface area contributed by atoms with Gasteiger partial charge in [-0.3, -0.25) is 0 Å². The molecule has 1 saturated carbocycles. The lowest BCUT2D eigenvalue weighted by Gasteiger charge is -2.33. The lowest BCUT2D eigenvalue weighted by molar-refractivity contribution is 0.254. The summed E-state index contributed by atoms with van der Waals surface area (Å²) in [5.41, 5.74) is 1.30. The molecule has 2 rings (SSSR count). The van der Waals surface area contributed by atoms with Gasteiger partial charge in [-0.25, -0.2) is 0 Å². The minimum Gasteiger partial charge on any atom is -0.496 e. The molecule has 0 heterocycles. The first-order valence-electron chi connectivity index (χ1n) is 7.65. The van der Waals surface area contributed by atoms with Crippen molar-refractivity contribution < 1.29 is 4.74 Å². The van der Waals surface area contributed by atoms with Gasteiger partial charge in [0.15, 0.2) is 0 Å². The van der Waals surface area contributed by atoms with Crippen LogP contribution in [0.5, 0.6) is 5.75 Å². The molecule has 106 valence electrons. The van der Waals surface area contributed by atoms with E-state index in [4.69, 9.17) is 4.74 Å². The monoisotopic (exact) mass is 261 g/mol. The molecule has 2 heteroatoms. The summed E-state index contributed by atoms with van der Waals surface area (Å²) in [5, 5.41) is 3.87. The van der Waals surface area contributed by atoms with Crippen LogP contribution in [0.4, 0.5) is 0 Å². The fraction of sp³-hybridized carbons (Fsp3) is 0.647. The molecule has 2 nitrogen and oxygen atoms in total. The van der Waals surface area contributed by atoms with Gasteiger partial charge in [-0.15, -0.1) is 0 Å². The average Bonchev–Trinajstić information content (AvgIpc) is 2.46. The van der Waals surface area contributed by atoms with Crippen LogP contribution >= 0.6 is 0 Å². The Kier molecular flexibility index (Phi) is 5.26. The molecule has 1 aliphatic rings. The number of methoxy groups -OCH3 is 1. The van der Waals surface area contributed by atoms with Gasteiger partial charge in [0.05, 0.1) is 7.11 Å². The third-order valence-corrected chi connectivity index (χ3v) is 4.45. The predicted octanol–water partition coefficient (Wildman–Crippen LogP) is 4.31. The fourth-order valence-electron chi connectivity index (χ4n) is 3.20. The number of rotatable bonds is 5. The lowest BCUT2D eigenvalue weighted by atomic mass is 9.85. The van der Waals surface area contributed by atoms with Crippen LogP contribution in [0.15, 0.2) is 24.3 Å². The maximum atomic E-state index is 5.50. The van der Waals surface area contributed by atoms with E-state index in [1.165, 1.54) is 31.2 Å². The van der Waals surface area contributed by atoms with Gasteiger partial charge in [0.25, 0.3) is 0 Å². The summed E-state index contributed by atoms with van der Waals surface area (Å²) in [6.07, 6.45) is 6.53. The molecule has 0 aliphatic heterocycles. The minimum absolute atomic E-state index is 0.404. The first kappa shape index (κ1) is 14.4. The Morgan fingerprint density at radius 3 is 2.68 bits per heavy atom. The van der Waals surface area contributed by atoms with E-state index in [9.17, 15) is 0 Å². The van der Waals surface area contributed by atoms with Gasteiger partial charge in [-0.1, -0.05) is 44.9 Å². The largest absolute Gasteiger partial charge is 0.496 e. The van der Waals surface area contributed by atoms with Crippen molar-refractivity contribution in [3.8, 4) is 5.75 Å². The van der Waals surface area contributed by atoms with Crippen LogP contribution in [0.3, 0.4) is 0 Å². The molecule has 0 aromatic heterocycles. The molecule has 0 spiro atoms. The third-order valence-electron chi connectivity index (χ3n) is 4.45. The second-order valence-corrected chi connectivity index (χ2v) is 5.74. The Morgan fingerprint density at radius 2 is 2.00 bits per heavy atom. The van der Waals surface area contributed by atoms with Crippen molar-refractivity contribution in [3.05, 3.63) is 29.8 Å². The van der Waals surface area contributed by atoms with Gasteiger partial charge in [0.2, 0.25) is 0 Å². The summed E-state index contributed by atoms with van der Waals surface area (Å²) >= 11 is 0. The van der Waals surface area contributed by atoms with Crippen LogP contribution in [-0.2, 0) is 0 Å². The van der Waals surface area contributed by atoms with Crippen LogP contribution in [0.1, 0.15) is 57.6 Å². The molecule has 3 unspecified atom stereocenters. The molecule has 1 aromatic rings. The smallest absolute Gasteiger partial charge is 0.123 e. The van der Waals surface area contributed by atoms with Crippen molar-refractivity contribution in [1.82, 2.24) is 5.32 Å². The Labute approximate surface area is 117 Å². The van der Waals surface area contributed by atoms with E-state index in [1.54, 1.807) is 7.11 Å². The molecule has 19 heavy (non-hydrogen) atoms. The summed E-state index contributed by atoms with van der Waals surface area (Å²) in [6.45, 7) is 4.63. The number of nitrogens with one attached hydrogen (secondary N) is 1. The molecule has 3 atom stereocenters. The van der Waals surface area contributed by atoms with Gasteiger partial charge in [-0.2, -0.15) is 0 Å². The van der Waals surface area contributed by atoms with E-state index >= 15 is 0 Å². The zero-order valence-corrected chi connectivity index (χ0v) is 12.5. The molecule has 0 bridgehead atoms. The summed E-state index contributed by atoms with van der Waals surface area (Å²) in [5.74, 6) is 1.79. The average molecular weight is 261 g/mol. The summed E-state index contributed by atoms with van der Waals surface area (Å²) in [4.78, 5) is 0. The standard InChI is InChI=1S/C17H27NO/c1-4-15(14-10-6-8-12-17(14)19-3)18-16-11-7-5-9-13(16)2/h6,8,10,12-13,15-16,18H,4-5,7,9,11H2,1-3H3. The van der Waals surface area contributed by atoms with Crippen molar-refractivity contribution in [1.29, 1.82) is 0 Å². The van der Waals surface area contributed by atoms with Crippen LogP contribution in [0, 0.1) is 5.92 Å². The van der Waals surface area contributed by atoms with Crippen LogP contribution in [-0.4, -0.2) is 13.2 Å². The molecule has 1 aliphatic carbocycles. The van der Waals surface area contributed by atoms with Crippen molar-refractivity contribution >= 4 is 0 Å². The predicted molar refractivity (Wildman–Crippen MR) is 80.6 cm³/mol. The summed E-state index contributed by atoms with van der Waals surface area (Å²) in [6, 6.07) is 9.45. The van der Waals surface area contributed by atoms with Crippen molar-refractivity contribution in [2.24, 2.45) is 5.92 Å². The van der Waals surface area contributed by atoms with Crippen molar-refractivity contribution in [3.63, 3.8) is 0 Å². The van der Waals surface area contributed by atoms with E-state index < -0.39 is 0 Å². The molecular weight excluding hydrogens is 234 g/mol. The Morgan fingerprint density at radius 1 is 1.26 bits per heavy atom. The molecule has 1 aromatic carbocycles. The zero-order valence-electron chi connectivity index (χ0n) is 12.5. The highest BCUT2D eigenvalue weighted by Crippen LogP contribution is 2.31. The number of hydrogen-bond acceptors (Lipinski definition) is 2. The van der Waals surface area contributed by atoms with E-state index in [-0.39, 0.29) is 0 Å². The molecular formula is C17H27NO. The second kappa shape index (κ2) is 6.95. The second-order valence-electron chi connectivity index (χ2n) is 5.74. The molecule has 1 fully saturated rings. The number of ether oxygens (including phenoxy) is 1. The highest BCUT2D eigenvalue weighted by atomic mass is 16.5. The van der Waals surface area contributed by atoms with Gasteiger partial charge in [0.1, 0.15) is 5.75 Å². The van der Waals surface area contributed by atoms with Crippen molar-refractivity contribution in [2.45, 2.75) is 58.0 Å². The quantitative estimate of drug-likeness (QED) is 0.852. The zero-order chi connectivity index (χ0) is 13.7. The number of benzene rings is 1. The Bertz CT molecular complexity index is 391. The van der Waals surface area contributed by atoms with Gasteiger partial charge >= 0.3 is 0 Å². The highest BCUT2D eigenvalue weighted by Gasteiger charge is 2.24. The van der Waals surface area contributed by atoms with E-state index in [2.05, 4.69) is 37.4 Å². The fourth-order valence-corrected chi connectivity index (χ4v) is 3.20. The van der Waals surface area contributed by atoms with Crippen LogP contribution in [0.25, 0.3) is 0 Å². The number of para-hydroxylation sites is 1. The topological polar surface area (TPSA) is 21.3 Å². The van der Waals surface area contributed by atoms with Crippen LogP contribution < -0.4 is 10.1 Å². The molecule has 0 saturated heterocycles. The van der Waals surface area contributed by atoms with Gasteiger partial charge < -0.3 is 10.1 Å². The SMILES string of the molecule is CCC(NC1CCCCC1C)c1ccccc1OC. The normalized spacial score (nSPS) is 25.0. The number of hydrogen-bond donors (Lipinski definition) is 1. The summed E-state index contributed by atoms with van der Waals surface area (Å²) < 4.78 is 5.50. The minimum atomic E-state index is 0.404. The Hall–Kier alpha value is -1.02. The maximum absolute atomic E-state index is 5.50. The molecule has 0 radical (unpaired) electrons. The Balaban J connectivity index is 2.10. The van der Waals surface area contributed by atoms with Gasteiger partial charge in [0, 0.05) is 17.6 Å².